The molecule has 1 amide bonds. The molecule has 2 heterocycles. The van der Waals surface area contributed by atoms with Crippen molar-refractivity contribution < 1.29 is 9.90 Å². The Morgan fingerprint density at radius 1 is 1.00 bits per heavy atom. The summed E-state index contributed by atoms with van der Waals surface area (Å²) in [6, 6.07) is 19.0. The van der Waals surface area contributed by atoms with Gasteiger partial charge in [-0.15, -0.1) is 0 Å². The van der Waals surface area contributed by atoms with Crippen LogP contribution in [0.4, 0.5) is 17.3 Å². The number of phenolic OH excluding ortho intramolecular Hbond substituents is 1. The van der Waals surface area contributed by atoms with Crippen molar-refractivity contribution in [2.75, 3.05) is 28.6 Å². The fourth-order valence-corrected chi connectivity index (χ4v) is 4.59. The molecule has 0 radical (unpaired) electrons. The lowest BCUT2D eigenvalue weighted by Gasteiger charge is -2.29. The highest BCUT2D eigenvalue weighted by atomic mass is 16.3. The average molecular weight is 482 g/mol. The second kappa shape index (κ2) is 10.2. The van der Waals surface area contributed by atoms with Crippen molar-refractivity contribution in [2.24, 2.45) is 0 Å². The summed E-state index contributed by atoms with van der Waals surface area (Å²) in [5, 5.41) is 17.8. The van der Waals surface area contributed by atoms with E-state index in [9.17, 15) is 9.90 Å². The van der Waals surface area contributed by atoms with Crippen LogP contribution in [0.1, 0.15) is 43.5 Å². The molecule has 0 saturated carbocycles. The number of aromatic hydroxyl groups is 1. The molecule has 4 aromatic rings. The van der Waals surface area contributed by atoms with E-state index in [0.29, 0.717) is 28.3 Å². The fraction of sp³-hybridized carbons (Fsp3) is 0.276. The monoisotopic (exact) mass is 481 g/mol. The van der Waals surface area contributed by atoms with Crippen LogP contribution in [0.15, 0.2) is 66.9 Å². The van der Waals surface area contributed by atoms with Gasteiger partial charge in [0, 0.05) is 59.3 Å². The zero-order chi connectivity index (χ0) is 25.1. The van der Waals surface area contributed by atoms with Crippen molar-refractivity contribution in [1.29, 1.82) is 0 Å². The molecule has 3 aromatic carbocycles. The third kappa shape index (κ3) is 5.25. The first kappa shape index (κ1) is 23.6. The highest BCUT2D eigenvalue weighted by Gasteiger charge is 2.14. The van der Waals surface area contributed by atoms with Crippen molar-refractivity contribution in [3.63, 3.8) is 0 Å². The van der Waals surface area contributed by atoms with Crippen molar-refractivity contribution in [3.05, 3.63) is 72.4 Å². The van der Waals surface area contributed by atoms with Crippen molar-refractivity contribution in [3.8, 4) is 16.9 Å². The molecular formula is C29H31N5O2. The standard InChI is InChI=1S/C29H31N5O2/c1-19(2)31-29-30-18-22-16-25(27(35)17-26(22)33-29)20-8-6-10-23(14-20)32-28(36)21-9-7-11-24(15-21)34-12-4-3-5-13-34/h6-11,14-19,35H,3-5,12-13H2,1-2H3,(H,32,36)(H,30,31,33). The largest absolute Gasteiger partial charge is 0.507 e. The predicted molar refractivity (Wildman–Crippen MR) is 146 cm³/mol. The predicted octanol–water partition coefficient (Wildman–Crippen LogP) is 6.07. The van der Waals surface area contributed by atoms with Crippen LogP contribution >= 0.6 is 0 Å². The molecule has 1 saturated heterocycles. The summed E-state index contributed by atoms with van der Waals surface area (Å²) in [6.07, 6.45) is 5.39. The van der Waals surface area contributed by atoms with Crippen LogP contribution in [-0.4, -0.2) is 40.1 Å². The zero-order valence-corrected chi connectivity index (χ0v) is 20.7. The van der Waals surface area contributed by atoms with E-state index in [2.05, 4.69) is 31.6 Å². The first-order valence-corrected chi connectivity index (χ1v) is 12.5. The Labute approximate surface area is 211 Å². The number of amides is 1. The number of carbonyl (C=O) groups excluding carboxylic acids is 1. The quantitative estimate of drug-likeness (QED) is 0.310. The maximum Gasteiger partial charge on any atom is 0.255 e. The number of nitrogens with zero attached hydrogens (tertiary/aromatic N) is 3. The van der Waals surface area contributed by atoms with Gasteiger partial charge in [-0.05, 0) is 75.1 Å². The summed E-state index contributed by atoms with van der Waals surface area (Å²) in [6.45, 7) is 6.10. The molecule has 36 heavy (non-hydrogen) atoms. The molecule has 0 spiro atoms. The van der Waals surface area contributed by atoms with Gasteiger partial charge in [-0.2, -0.15) is 0 Å². The lowest BCUT2D eigenvalue weighted by molar-refractivity contribution is 0.102. The Kier molecular flexibility index (Phi) is 6.71. The van der Waals surface area contributed by atoms with Gasteiger partial charge in [-0.25, -0.2) is 9.97 Å². The van der Waals surface area contributed by atoms with Gasteiger partial charge < -0.3 is 20.6 Å². The van der Waals surface area contributed by atoms with E-state index in [4.69, 9.17) is 0 Å². The van der Waals surface area contributed by atoms with E-state index in [-0.39, 0.29) is 17.7 Å². The Balaban J connectivity index is 1.37. The van der Waals surface area contributed by atoms with Crippen molar-refractivity contribution in [1.82, 2.24) is 9.97 Å². The molecule has 1 aliphatic heterocycles. The summed E-state index contributed by atoms with van der Waals surface area (Å²) >= 11 is 0. The van der Waals surface area contributed by atoms with Gasteiger partial charge >= 0.3 is 0 Å². The number of aromatic nitrogens is 2. The van der Waals surface area contributed by atoms with Crippen LogP contribution in [0.2, 0.25) is 0 Å². The van der Waals surface area contributed by atoms with Gasteiger partial charge in [0.05, 0.1) is 5.52 Å². The van der Waals surface area contributed by atoms with E-state index < -0.39 is 0 Å². The van der Waals surface area contributed by atoms with E-state index in [1.54, 1.807) is 12.3 Å². The topological polar surface area (TPSA) is 90.4 Å². The third-order valence-electron chi connectivity index (χ3n) is 6.38. The number of carbonyl (C=O) groups is 1. The number of phenols is 1. The number of benzene rings is 3. The summed E-state index contributed by atoms with van der Waals surface area (Å²) in [5.74, 6) is 0.487. The molecule has 5 rings (SSSR count). The van der Waals surface area contributed by atoms with Crippen molar-refractivity contribution in [2.45, 2.75) is 39.2 Å². The van der Waals surface area contributed by atoms with Gasteiger partial charge in [0.25, 0.3) is 5.91 Å². The van der Waals surface area contributed by atoms with Crippen LogP contribution in [-0.2, 0) is 0 Å². The van der Waals surface area contributed by atoms with Crippen LogP contribution < -0.4 is 15.5 Å². The minimum absolute atomic E-state index is 0.120. The Bertz CT molecular complexity index is 1400. The maximum absolute atomic E-state index is 13.0. The molecule has 1 aliphatic rings. The van der Waals surface area contributed by atoms with Gasteiger partial charge in [0.2, 0.25) is 5.95 Å². The Morgan fingerprint density at radius 3 is 2.61 bits per heavy atom. The first-order valence-electron chi connectivity index (χ1n) is 12.5. The fourth-order valence-electron chi connectivity index (χ4n) is 4.59. The zero-order valence-electron chi connectivity index (χ0n) is 20.7. The number of anilines is 3. The molecule has 7 heteroatoms. The first-order chi connectivity index (χ1) is 17.5. The minimum atomic E-state index is -0.160. The molecular weight excluding hydrogens is 450 g/mol. The third-order valence-corrected chi connectivity index (χ3v) is 6.38. The van der Waals surface area contributed by atoms with Crippen molar-refractivity contribution >= 4 is 34.1 Å². The molecule has 184 valence electrons. The van der Waals surface area contributed by atoms with Gasteiger partial charge in [-0.3, -0.25) is 4.79 Å². The number of hydrogen-bond donors (Lipinski definition) is 3. The van der Waals surface area contributed by atoms with Crippen LogP contribution in [0.3, 0.4) is 0 Å². The van der Waals surface area contributed by atoms with E-state index >= 15 is 0 Å². The number of hydrogen-bond acceptors (Lipinski definition) is 6. The van der Waals surface area contributed by atoms with E-state index in [1.807, 2.05) is 62.4 Å². The van der Waals surface area contributed by atoms with Gasteiger partial charge in [0.1, 0.15) is 5.75 Å². The number of nitrogens with one attached hydrogen (secondary N) is 2. The summed E-state index contributed by atoms with van der Waals surface area (Å²) in [7, 11) is 0. The molecule has 1 fully saturated rings. The van der Waals surface area contributed by atoms with E-state index in [0.717, 1.165) is 29.7 Å². The smallest absolute Gasteiger partial charge is 0.255 e. The highest BCUT2D eigenvalue weighted by Crippen LogP contribution is 2.34. The summed E-state index contributed by atoms with van der Waals surface area (Å²) in [5.41, 5.74) is 4.48. The lowest BCUT2D eigenvalue weighted by Crippen LogP contribution is -2.29. The second-order valence-corrected chi connectivity index (χ2v) is 9.55. The van der Waals surface area contributed by atoms with Gasteiger partial charge in [0.15, 0.2) is 0 Å². The van der Waals surface area contributed by atoms with Crippen LogP contribution in [0.5, 0.6) is 5.75 Å². The normalized spacial score (nSPS) is 13.7. The highest BCUT2D eigenvalue weighted by molar-refractivity contribution is 6.05. The lowest BCUT2D eigenvalue weighted by atomic mass is 10.0. The maximum atomic E-state index is 13.0. The van der Waals surface area contributed by atoms with Crippen LogP contribution in [0.25, 0.3) is 22.0 Å². The molecule has 0 atom stereocenters. The van der Waals surface area contributed by atoms with Crippen LogP contribution in [0, 0.1) is 0 Å². The minimum Gasteiger partial charge on any atom is -0.507 e. The molecule has 7 nitrogen and oxygen atoms in total. The number of fused-ring (bicyclic) bond motifs is 1. The second-order valence-electron chi connectivity index (χ2n) is 9.55. The SMILES string of the molecule is CC(C)Nc1ncc2cc(-c3cccc(NC(=O)c4cccc(N5CCCCC5)c4)c3)c(O)cc2n1. The Hall–Kier alpha value is -4.13. The Morgan fingerprint density at radius 2 is 1.81 bits per heavy atom. The van der Waals surface area contributed by atoms with Gasteiger partial charge in [-0.1, -0.05) is 18.2 Å². The summed E-state index contributed by atoms with van der Waals surface area (Å²) in [4.78, 5) is 24.3. The molecule has 0 aliphatic carbocycles. The summed E-state index contributed by atoms with van der Waals surface area (Å²) < 4.78 is 0. The number of rotatable bonds is 6. The van der Waals surface area contributed by atoms with E-state index in [1.165, 1.54) is 19.3 Å². The molecule has 3 N–H and O–H groups in total. The average Bonchev–Trinajstić information content (AvgIpc) is 2.88. The molecule has 1 aromatic heterocycles. The molecule has 0 unspecified atom stereocenters. The molecule has 0 bridgehead atoms. The number of piperidine rings is 1.